The summed E-state index contributed by atoms with van der Waals surface area (Å²) in [4.78, 5) is 13.4. The second-order valence-electron chi connectivity index (χ2n) is 6.57. The highest BCUT2D eigenvalue weighted by molar-refractivity contribution is 5.69. The fourth-order valence-corrected chi connectivity index (χ4v) is 2.39. The molecule has 0 saturated carbocycles. The number of aliphatic hydroxyl groups is 2. The van der Waals surface area contributed by atoms with Crippen LogP contribution in [0.15, 0.2) is 0 Å². The minimum Gasteiger partial charge on any atom is -0.444 e. The second-order valence-corrected chi connectivity index (χ2v) is 6.57. The maximum atomic E-state index is 12.3. The van der Waals surface area contributed by atoms with Crippen LogP contribution in [0.5, 0.6) is 0 Å². The standard InChI is InChI=1S/C15H29NO6/c1-7-20-10(3)21-8-11-12(17)9(2)13(18)16(11)14(19)22-15(4,5)6/h9-13,17-18H,7-8H2,1-6H3/t9?,10?,11-,12+,13?/m1/s1. The van der Waals surface area contributed by atoms with E-state index >= 15 is 0 Å². The molecule has 7 heteroatoms. The summed E-state index contributed by atoms with van der Waals surface area (Å²) in [6.07, 6.45) is -3.12. The highest BCUT2D eigenvalue weighted by atomic mass is 16.7. The summed E-state index contributed by atoms with van der Waals surface area (Å²) in [6, 6.07) is -0.678. The third-order valence-corrected chi connectivity index (χ3v) is 3.55. The van der Waals surface area contributed by atoms with Crippen molar-refractivity contribution >= 4 is 6.09 Å². The molecule has 2 N–H and O–H groups in total. The van der Waals surface area contributed by atoms with Gasteiger partial charge in [-0.2, -0.15) is 0 Å². The predicted octanol–water partition coefficient (Wildman–Crippen LogP) is 1.32. The van der Waals surface area contributed by atoms with Gasteiger partial charge in [0.2, 0.25) is 0 Å². The molecule has 0 radical (unpaired) electrons. The third-order valence-electron chi connectivity index (χ3n) is 3.55. The van der Waals surface area contributed by atoms with E-state index < -0.39 is 42.3 Å². The lowest BCUT2D eigenvalue weighted by atomic mass is 10.0. The van der Waals surface area contributed by atoms with Crippen LogP contribution >= 0.6 is 0 Å². The van der Waals surface area contributed by atoms with Crippen LogP contribution in [-0.4, -0.2) is 64.7 Å². The molecule has 0 aromatic rings. The van der Waals surface area contributed by atoms with Crippen LogP contribution in [0.2, 0.25) is 0 Å². The summed E-state index contributed by atoms with van der Waals surface area (Å²) < 4.78 is 16.1. The minimum atomic E-state index is -1.11. The van der Waals surface area contributed by atoms with E-state index in [-0.39, 0.29) is 6.61 Å². The van der Waals surface area contributed by atoms with Gasteiger partial charge in [0.25, 0.3) is 0 Å². The largest absolute Gasteiger partial charge is 0.444 e. The molecule has 1 fully saturated rings. The van der Waals surface area contributed by atoms with E-state index in [1.54, 1.807) is 34.6 Å². The molecule has 1 heterocycles. The van der Waals surface area contributed by atoms with Gasteiger partial charge in [0.15, 0.2) is 6.29 Å². The van der Waals surface area contributed by atoms with E-state index in [1.165, 1.54) is 0 Å². The molecule has 1 aliphatic rings. The van der Waals surface area contributed by atoms with E-state index in [0.717, 1.165) is 4.90 Å². The number of amides is 1. The third kappa shape index (κ3) is 4.81. The van der Waals surface area contributed by atoms with Crippen molar-refractivity contribution in [3.05, 3.63) is 0 Å². The maximum absolute atomic E-state index is 12.3. The number of rotatable bonds is 5. The molecular weight excluding hydrogens is 290 g/mol. The summed E-state index contributed by atoms with van der Waals surface area (Å²) in [5.41, 5.74) is -0.683. The predicted molar refractivity (Wildman–Crippen MR) is 80.1 cm³/mol. The summed E-state index contributed by atoms with van der Waals surface area (Å²) in [5, 5.41) is 20.5. The molecule has 1 saturated heterocycles. The van der Waals surface area contributed by atoms with Crippen LogP contribution in [-0.2, 0) is 14.2 Å². The number of carbonyl (C=O) groups is 1. The number of ether oxygens (including phenoxy) is 3. The van der Waals surface area contributed by atoms with Crippen molar-refractivity contribution < 1.29 is 29.2 Å². The molecule has 0 bridgehead atoms. The van der Waals surface area contributed by atoms with Crippen LogP contribution < -0.4 is 0 Å². The van der Waals surface area contributed by atoms with Crippen LogP contribution in [0.25, 0.3) is 0 Å². The van der Waals surface area contributed by atoms with Crippen molar-refractivity contribution in [1.29, 1.82) is 0 Å². The smallest absolute Gasteiger partial charge is 0.412 e. The normalized spacial score (nSPS) is 30.5. The lowest BCUT2D eigenvalue weighted by Gasteiger charge is -2.31. The summed E-state index contributed by atoms with van der Waals surface area (Å²) in [7, 11) is 0. The van der Waals surface area contributed by atoms with Crippen LogP contribution in [0.1, 0.15) is 41.5 Å². The van der Waals surface area contributed by atoms with Gasteiger partial charge in [-0.1, -0.05) is 6.92 Å². The van der Waals surface area contributed by atoms with Gasteiger partial charge in [0.1, 0.15) is 11.8 Å². The van der Waals surface area contributed by atoms with E-state index in [9.17, 15) is 15.0 Å². The first-order valence-corrected chi connectivity index (χ1v) is 7.69. The molecule has 130 valence electrons. The number of hydrogen-bond donors (Lipinski definition) is 2. The van der Waals surface area contributed by atoms with Gasteiger partial charge in [-0.05, 0) is 34.6 Å². The zero-order valence-corrected chi connectivity index (χ0v) is 14.3. The second kappa shape index (κ2) is 7.59. The average Bonchev–Trinajstić information content (AvgIpc) is 2.59. The van der Waals surface area contributed by atoms with Crippen molar-refractivity contribution in [2.24, 2.45) is 5.92 Å². The Kier molecular flexibility index (Phi) is 6.61. The molecule has 0 aromatic carbocycles. The number of aliphatic hydroxyl groups excluding tert-OH is 2. The van der Waals surface area contributed by atoms with Crippen LogP contribution in [0.3, 0.4) is 0 Å². The minimum absolute atomic E-state index is 0.0585. The quantitative estimate of drug-likeness (QED) is 0.743. The van der Waals surface area contributed by atoms with Crippen molar-refractivity contribution in [1.82, 2.24) is 4.90 Å². The van der Waals surface area contributed by atoms with E-state index in [2.05, 4.69) is 0 Å². The fourth-order valence-electron chi connectivity index (χ4n) is 2.39. The Labute approximate surface area is 132 Å². The summed E-state index contributed by atoms with van der Waals surface area (Å²) >= 11 is 0. The fraction of sp³-hybridized carbons (Fsp3) is 0.933. The Hall–Kier alpha value is -0.890. The zero-order chi connectivity index (χ0) is 17.1. The lowest BCUT2D eigenvalue weighted by molar-refractivity contribution is -0.144. The monoisotopic (exact) mass is 319 g/mol. The molecule has 1 amide bonds. The van der Waals surface area contributed by atoms with Gasteiger partial charge >= 0.3 is 6.09 Å². The first-order chi connectivity index (χ1) is 10.1. The zero-order valence-electron chi connectivity index (χ0n) is 14.3. The molecule has 1 rings (SSSR count). The summed E-state index contributed by atoms with van der Waals surface area (Å²) in [6.45, 7) is 11.1. The molecule has 0 spiro atoms. The van der Waals surface area contributed by atoms with Crippen molar-refractivity contribution in [3.8, 4) is 0 Å². The van der Waals surface area contributed by atoms with Crippen molar-refractivity contribution in [3.63, 3.8) is 0 Å². The number of nitrogens with zero attached hydrogens (tertiary/aromatic N) is 1. The molecule has 0 aliphatic carbocycles. The van der Waals surface area contributed by atoms with Crippen LogP contribution in [0, 0.1) is 5.92 Å². The highest BCUT2D eigenvalue weighted by Gasteiger charge is 2.49. The Morgan fingerprint density at radius 3 is 2.36 bits per heavy atom. The molecule has 5 atom stereocenters. The number of hydrogen-bond acceptors (Lipinski definition) is 6. The van der Waals surface area contributed by atoms with Crippen molar-refractivity contribution in [2.45, 2.75) is 71.8 Å². The Balaban J connectivity index is 2.79. The van der Waals surface area contributed by atoms with E-state index in [0.29, 0.717) is 6.61 Å². The van der Waals surface area contributed by atoms with E-state index in [1.807, 2.05) is 6.92 Å². The first kappa shape index (κ1) is 19.2. The topological polar surface area (TPSA) is 88.5 Å². The average molecular weight is 319 g/mol. The molecule has 1 aliphatic heterocycles. The number of carbonyl (C=O) groups excluding carboxylic acids is 1. The van der Waals surface area contributed by atoms with E-state index in [4.69, 9.17) is 14.2 Å². The molecule has 22 heavy (non-hydrogen) atoms. The highest BCUT2D eigenvalue weighted by Crippen LogP contribution is 2.30. The van der Waals surface area contributed by atoms with Gasteiger partial charge in [0, 0.05) is 12.5 Å². The molecule has 3 unspecified atom stereocenters. The lowest BCUT2D eigenvalue weighted by Crippen LogP contribution is -2.48. The van der Waals surface area contributed by atoms with Crippen LogP contribution in [0.4, 0.5) is 4.79 Å². The maximum Gasteiger partial charge on any atom is 0.412 e. The van der Waals surface area contributed by atoms with Crippen molar-refractivity contribution in [2.75, 3.05) is 13.2 Å². The van der Waals surface area contributed by atoms with Gasteiger partial charge < -0.3 is 24.4 Å². The number of likely N-dealkylation sites (tertiary alicyclic amines) is 1. The molecular formula is C15H29NO6. The first-order valence-electron chi connectivity index (χ1n) is 7.69. The Morgan fingerprint density at radius 2 is 1.86 bits per heavy atom. The van der Waals surface area contributed by atoms with Gasteiger partial charge in [-0.15, -0.1) is 0 Å². The molecule has 0 aromatic heterocycles. The summed E-state index contributed by atoms with van der Waals surface area (Å²) in [5.74, 6) is -0.483. The Morgan fingerprint density at radius 1 is 1.27 bits per heavy atom. The van der Waals surface area contributed by atoms with Gasteiger partial charge in [-0.25, -0.2) is 4.79 Å². The molecule has 7 nitrogen and oxygen atoms in total. The Bertz CT molecular complexity index is 370. The van der Waals surface area contributed by atoms with Gasteiger partial charge in [-0.3, -0.25) is 4.90 Å². The SMILES string of the molecule is CCOC(C)OC[C@@H]1[C@@H](O)C(C)C(O)N1C(=O)OC(C)(C)C. The van der Waals surface area contributed by atoms with Gasteiger partial charge in [0.05, 0.1) is 18.8 Å².